The van der Waals surface area contributed by atoms with Crippen molar-refractivity contribution in [2.24, 2.45) is 0 Å². The molecule has 0 aromatic heterocycles. The van der Waals surface area contributed by atoms with Crippen LogP contribution < -0.4 is 11.5 Å². The van der Waals surface area contributed by atoms with Gasteiger partial charge < -0.3 is 21.7 Å². The summed E-state index contributed by atoms with van der Waals surface area (Å²) >= 11 is 0. The molecule has 1 rings (SSSR count). The normalized spacial score (nSPS) is 31.3. The summed E-state index contributed by atoms with van der Waals surface area (Å²) in [5.41, 5.74) is 0. The van der Waals surface area contributed by atoms with E-state index in [0.29, 0.717) is 13.0 Å². The van der Waals surface area contributed by atoms with Crippen molar-refractivity contribution >= 4 is 5.97 Å². The number of hydrogen-bond acceptors (Lipinski definition) is 4. The highest BCUT2D eigenvalue weighted by Gasteiger charge is 2.27. The van der Waals surface area contributed by atoms with Crippen molar-refractivity contribution in [3.63, 3.8) is 0 Å². The predicted molar refractivity (Wildman–Crippen MR) is 35.1 cm³/mol. The van der Waals surface area contributed by atoms with Gasteiger partial charge in [-0.3, -0.25) is 4.79 Å². The zero-order valence-corrected chi connectivity index (χ0v) is 5.58. The van der Waals surface area contributed by atoms with Gasteiger partial charge >= 0.3 is 5.97 Å². The van der Waals surface area contributed by atoms with Gasteiger partial charge in [0.1, 0.15) is 6.04 Å². The number of carbonyl (C=O) groups is 1. The molecule has 2 atom stereocenters. The highest BCUT2D eigenvalue weighted by atomic mass is 16.4. The van der Waals surface area contributed by atoms with Gasteiger partial charge in [0, 0.05) is 13.0 Å². The Bertz CT molecular complexity index is 128. The van der Waals surface area contributed by atoms with Crippen LogP contribution in [0.4, 0.5) is 0 Å². The van der Waals surface area contributed by atoms with Gasteiger partial charge in [0.05, 0.1) is 6.10 Å². The minimum absolute atomic E-state index is 0. The van der Waals surface area contributed by atoms with E-state index >= 15 is 0 Å². The first-order valence-electron chi connectivity index (χ1n) is 2.84. The van der Waals surface area contributed by atoms with Crippen molar-refractivity contribution in [2.75, 3.05) is 6.54 Å². The smallest absolute Gasteiger partial charge is 0.320 e. The molecule has 0 aromatic rings. The molecule has 1 fully saturated rings. The molecule has 0 bridgehead atoms. The summed E-state index contributed by atoms with van der Waals surface area (Å²) in [6.07, 6.45) is -0.152. The van der Waals surface area contributed by atoms with Crippen LogP contribution >= 0.6 is 0 Å². The van der Waals surface area contributed by atoms with Crippen LogP contribution in [0.1, 0.15) is 6.42 Å². The molecule has 0 aromatic carbocycles. The molecule has 0 radical (unpaired) electrons. The lowest BCUT2D eigenvalue weighted by atomic mass is 10.2. The molecular weight excluding hydrogens is 136 g/mol. The van der Waals surface area contributed by atoms with E-state index in [1.807, 2.05) is 0 Å². The highest BCUT2D eigenvalue weighted by Crippen LogP contribution is 2.05. The lowest BCUT2D eigenvalue weighted by molar-refractivity contribution is -0.139. The van der Waals surface area contributed by atoms with E-state index in [0.717, 1.165) is 0 Å². The third-order valence-corrected chi connectivity index (χ3v) is 1.41. The van der Waals surface area contributed by atoms with Crippen molar-refractivity contribution in [2.45, 2.75) is 18.6 Å². The van der Waals surface area contributed by atoms with Crippen LogP contribution in [0, 0.1) is 0 Å². The van der Waals surface area contributed by atoms with Crippen LogP contribution in [0.5, 0.6) is 0 Å². The second-order valence-electron chi connectivity index (χ2n) is 2.19. The van der Waals surface area contributed by atoms with E-state index < -0.39 is 18.1 Å². The number of nitrogens with one attached hydrogen (secondary N) is 1. The van der Waals surface area contributed by atoms with Gasteiger partial charge in [0.25, 0.3) is 0 Å². The Balaban J connectivity index is 0.000000810. The monoisotopic (exact) mass is 148 g/mol. The van der Waals surface area contributed by atoms with E-state index in [-0.39, 0.29) is 6.15 Å². The fourth-order valence-corrected chi connectivity index (χ4v) is 0.905. The summed E-state index contributed by atoms with van der Waals surface area (Å²) < 4.78 is 0. The lowest BCUT2D eigenvalue weighted by Gasteiger charge is -1.99. The Morgan fingerprint density at radius 1 is 1.60 bits per heavy atom. The largest absolute Gasteiger partial charge is 0.480 e. The van der Waals surface area contributed by atoms with Gasteiger partial charge in [-0.05, 0) is 0 Å². The number of β-amino-alcohol motifs (C(OH)–C–C–N with tert-alkyl or cyclic N) is 1. The molecule has 5 heteroatoms. The lowest BCUT2D eigenvalue weighted by Crippen LogP contribution is -2.29. The first-order valence-corrected chi connectivity index (χ1v) is 2.84. The minimum Gasteiger partial charge on any atom is -0.480 e. The maximum absolute atomic E-state index is 10.2. The first kappa shape index (κ1) is 9.35. The number of rotatable bonds is 1. The fourth-order valence-electron chi connectivity index (χ4n) is 0.905. The Hall–Kier alpha value is -0.650. The van der Waals surface area contributed by atoms with E-state index in [9.17, 15) is 4.79 Å². The average molecular weight is 148 g/mol. The molecule has 1 aliphatic rings. The number of hydrogen-bond donors (Lipinski definition) is 4. The Morgan fingerprint density at radius 3 is 2.40 bits per heavy atom. The van der Waals surface area contributed by atoms with Gasteiger partial charge in [0.2, 0.25) is 0 Å². The molecule has 0 saturated carbocycles. The topological polar surface area (TPSA) is 105 Å². The molecule has 0 amide bonds. The molecule has 6 N–H and O–H groups in total. The molecule has 1 saturated heterocycles. The zero-order valence-electron chi connectivity index (χ0n) is 5.58. The summed E-state index contributed by atoms with van der Waals surface area (Å²) in [5, 5.41) is 19.8. The SMILES string of the molecule is N.O=C(O)[C@@H]1C[C@H](O)CN1. The van der Waals surface area contributed by atoms with Crippen LogP contribution in [-0.2, 0) is 4.79 Å². The molecule has 0 unspecified atom stereocenters. The zero-order chi connectivity index (χ0) is 6.85. The molecule has 1 heterocycles. The molecule has 10 heavy (non-hydrogen) atoms. The van der Waals surface area contributed by atoms with Crippen molar-refractivity contribution in [1.82, 2.24) is 11.5 Å². The maximum atomic E-state index is 10.2. The predicted octanol–water partition coefficient (Wildman–Crippen LogP) is -1.04. The highest BCUT2D eigenvalue weighted by molar-refractivity contribution is 5.73. The van der Waals surface area contributed by atoms with Gasteiger partial charge in [-0.1, -0.05) is 0 Å². The van der Waals surface area contributed by atoms with E-state index in [4.69, 9.17) is 10.2 Å². The molecule has 0 aliphatic carbocycles. The van der Waals surface area contributed by atoms with E-state index in [2.05, 4.69) is 5.32 Å². The first-order chi connectivity index (χ1) is 4.20. The van der Waals surface area contributed by atoms with Crippen molar-refractivity contribution in [1.29, 1.82) is 0 Å². The molecule has 1 aliphatic heterocycles. The number of carboxylic acids is 1. The summed E-state index contributed by atoms with van der Waals surface area (Å²) in [6, 6.07) is -0.542. The third kappa shape index (κ3) is 1.94. The molecular formula is C5H12N2O3. The fraction of sp³-hybridized carbons (Fsp3) is 0.800. The summed E-state index contributed by atoms with van der Waals surface area (Å²) in [5.74, 6) is -0.883. The molecule has 60 valence electrons. The summed E-state index contributed by atoms with van der Waals surface area (Å²) in [7, 11) is 0. The summed E-state index contributed by atoms with van der Waals surface area (Å²) in [4.78, 5) is 10.2. The van der Waals surface area contributed by atoms with Crippen molar-refractivity contribution in [3.05, 3.63) is 0 Å². The van der Waals surface area contributed by atoms with Crippen molar-refractivity contribution in [3.8, 4) is 0 Å². The standard InChI is InChI=1S/C5H9NO3.H3N/c7-3-1-4(5(8)9)6-2-3;/h3-4,6-7H,1-2H2,(H,8,9);1H3/t3-,4-;/m0./s1. The van der Waals surface area contributed by atoms with Gasteiger partial charge in [0.15, 0.2) is 0 Å². The van der Waals surface area contributed by atoms with Crippen LogP contribution in [-0.4, -0.2) is 34.9 Å². The van der Waals surface area contributed by atoms with Crippen molar-refractivity contribution < 1.29 is 15.0 Å². The number of aliphatic hydroxyl groups is 1. The Kier molecular flexibility index (Phi) is 3.27. The second kappa shape index (κ2) is 3.50. The molecule has 5 nitrogen and oxygen atoms in total. The number of aliphatic carboxylic acids is 1. The number of aliphatic hydroxyl groups excluding tert-OH is 1. The Morgan fingerprint density at radius 2 is 2.20 bits per heavy atom. The van der Waals surface area contributed by atoms with Gasteiger partial charge in [-0.2, -0.15) is 0 Å². The Labute approximate surface area is 58.6 Å². The van der Waals surface area contributed by atoms with Crippen LogP contribution in [0.15, 0.2) is 0 Å². The summed E-state index contributed by atoms with van der Waals surface area (Å²) in [6.45, 7) is 0.400. The average Bonchev–Trinajstić information content (AvgIpc) is 2.14. The van der Waals surface area contributed by atoms with E-state index in [1.54, 1.807) is 0 Å². The van der Waals surface area contributed by atoms with Crippen LogP contribution in [0.3, 0.4) is 0 Å². The number of carboxylic acid groups (broad SMARTS) is 1. The molecule has 0 spiro atoms. The van der Waals surface area contributed by atoms with Gasteiger partial charge in [-0.15, -0.1) is 0 Å². The van der Waals surface area contributed by atoms with Gasteiger partial charge in [-0.25, -0.2) is 0 Å². The maximum Gasteiger partial charge on any atom is 0.320 e. The quantitative estimate of drug-likeness (QED) is 0.380. The minimum atomic E-state index is -0.883. The van der Waals surface area contributed by atoms with Crippen LogP contribution in [0.25, 0.3) is 0 Å². The van der Waals surface area contributed by atoms with E-state index in [1.165, 1.54) is 0 Å². The van der Waals surface area contributed by atoms with Crippen LogP contribution in [0.2, 0.25) is 0 Å². The third-order valence-electron chi connectivity index (χ3n) is 1.41. The second-order valence-corrected chi connectivity index (χ2v) is 2.19.